The molecule has 0 spiro atoms. The number of rotatable bonds is 0. The summed E-state index contributed by atoms with van der Waals surface area (Å²) in [5.74, 6) is 0.162. The molecule has 3 heteroatoms. The molecule has 0 heterocycles. The van der Waals surface area contributed by atoms with Crippen LogP contribution < -0.4 is 0 Å². The van der Waals surface area contributed by atoms with Gasteiger partial charge in [0, 0.05) is 10.9 Å². The van der Waals surface area contributed by atoms with Crippen molar-refractivity contribution in [2.24, 2.45) is 0 Å². The summed E-state index contributed by atoms with van der Waals surface area (Å²) >= 11 is 0. The highest BCUT2D eigenvalue weighted by atomic mass is 16.3. The Morgan fingerprint density at radius 1 is 1.00 bits per heavy atom. The number of phenols is 3. The van der Waals surface area contributed by atoms with E-state index in [1.165, 1.54) is 12.1 Å². The minimum atomic E-state index is 0.0101. The second-order valence-electron chi connectivity index (χ2n) is 3.27. The van der Waals surface area contributed by atoms with Crippen LogP contribution in [-0.4, -0.2) is 15.3 Å². The zero-order chi connectivity index (χ0) is 10.3. The summed E-state index contributed by atoms with van der Waals surface area (Å²) in [6, 6.07) is 6.18. The van der Waals surface area contributed by atoms with E-state index in [0.717, 1.165) is 0 Å². The molecule has 0 unspecified atom stereocenters. The van der Waals surface area contributed by atoms with Crippen molar-refractivity contribution in [3.8, 4) is 17.2 Å². The number of hydrogen-bond donors (Lipinski definition) is 3. The van der Waals surface area contributed by atoms with Crippen LogP contribution in [0, 0.1) is 6.92 Å². The average Bonchev–Trinajstić information content (AvgIpc) is 2.16. The lowest BCUT2D eigenvalue weighted by Gasteiger charge is -2.06. The lowest BCUT2D eigenvalue weighted by atomic mass is 10.0. The summed E-state index contributed by atoms with van der Waals surface area (Å²) in [6.07, 6.45) is 0. The summed E-state index contributed by atoms with van der Waals surface area (Å²) in [4.78, 5) is 0. The van der Waals surface area contributed by atoms with Gasteiger partial charge in [0.1, 0.15) is 17.2 Å². The summed E-state index contributed by atoms with van der Waals surface area (Å²) in [5, 5.41) is 29.6. The number of phenolic OH excluding ortho intramolecular Hbond substituents is 3. The molecule has 0 radical (unpaired) electrons. The molecule has 2 aromatic rings. The number of benzene rings is 2. The van der Waals surface area contributed by atoms with Crippen molar-refractivity contribution < 1.29 is 15.3 Å². The van der Waals surface area contributed by atoms with Gasteiger partial charge in [-0.05, 0) is 30.5 Å². The van der Waals surface area contributed by atoms with Gasteiger partial charge in [0.25, 0.3) is 0 Å². The summed E-state index contributed by atoms with van der Waals surface area (Å²) in [5.41, 5.74) is 0.420. The molecule has 2 aromatic carbocycles. The Balaban J connectivity index is 2.92. The zero-order valence-electron chi connectivity index (χ0n) is 7.65. The Morgan fingerprint density at radius 2 is 1.71 bits per heavy atom. The van der Waals surface area contributed by atoms with Crippen LogP contribution in [0.4, 0.5) is 0 Å². The molecule has 3 N–H and O–H groups in total. The van der Waals surface area contributed by atoms with Crippen molar-refractivity contribution in [3.05, 3.63) is 29.8 Å². The fraction of sp³-hybridized carbons (Fsp3) is 0.0909. The normalized spacial score (nSPS) is 10.6. The Hall–Kier alpha value is -1.90. The molecule has 0 aliphatic carbocycles. The van der Waals surface area contributed by atoms with E-state index >= 15 is 0 Å². The highest BCUT2D eigenvalue weighted by molar-refractivity contribution is 5.92. The Morgan fingerprint density at radius 3 is 2.43 bits per heavy atom. The largest absolute Gasteiger partial charge is 0.508 e. The minimum absolute atomic E-state index is 0.0101. The lowest BCUT2D eigenvalue weighted by Crippen LogP contribution is -1.80. The molecule has 0 bridgehead atoms. The van der Waals surface area contributed by atoms with Gasteiger partial charge in [0.05, 0.1) is 0 Å². The van der Waals surface area contributed by atoms with Crippen LogP contribution >= 0.6 is 0 Å². The fourth-order valence-electron chi connectivity index (χ4n) is 1.45. The highest BCUT2D eigenvalue weighted by Gasteiger charge is 2.08. The van der Waals surface area contributed by atoms with Crippen LogP contribution in [0.2, 0.25) is 0 Å². The van der Waals surface area contributed by atoms with Gasteiger partial charge >= 0.3 is 0 Å². The number of aromatic hydroxyl groups is 3. The van der Waals surface area contributed by atoms with E-state index in [2.05, 4.69) is 0 Å². The lowest BCUT2D eigenvalue weighted by molar-refractivity contribution is 0.447. The summed E-state index contributed by atoms with van der Waals surface area (Å²) in [6.45, 7) is 1.62. The van der Waals surface area contributed by atoms with E-state index in [9.17, 15) is 15.3 Å². The molecule has 2 rings (SSSR count). The monoisotopic (exact) mass is 190 g/mol. The van der Waals surface area contributed by atoms with Gasteiger partial charge in [-0.3, -0.25) is 0 Å². The van der Waals surface area contributed by atoms with Gasteiger partial charge in [-0.2, -0.15) is 0 Å². The second-order valence-corrected chi connectivity index (χ2v) is 3.27. The van der Waals surface area contributed by atoms with Crippen molar-refractivity contribution in [2.75, 3.05) is 0 Å². The third kappa shape index (κ3) is 1.14. The van der Waals surface area contributed by atoms with E-state index < -0.39 is 0 Å². The van der Waals surface area contributed by atoms with Crippen LogP contribution in [0.15, 0.2) is 24.3 Å². The first-order valence-corrected chi connectivity index (χ1v) is 4.24. The van der Waals surface area contributed by atoms with Crippen molar-refractivity contribution >= 4 is 10.8 Å². The molecule has 0 fully saturated rings. The van der Waals surface area contributed by atoms with Gasteiger partial charge < -0.3 is 15.3 Å². The van der Waals surface area contributed by atoms with Crippen molar-refractivity contribution in [1.82, 2.24) is 0 Å². The molecule has 0 aliphatic rings. The number of fused-ring (bicyclic) bond motifs is 1. The Kier molecular flexibility index (Phi) is 1.74. The standard InChI is InChI=1S/C11H10O3/c1-6-10(13)4-7-2-3-8(12)5-9(7)11(6)14/h2-5,12-14H,1H3. The first-order chi connectivity index (χ1) is 6.59. The predicted molar refractivity (Wildman–Crippen MR) is 53.7 cm³/mol. The minimum Gasteiger partial charge on any atom is -0.508 e. The molecule has 0 saturated carbocycles. The predicted octanol–water partition coefficient (Wildman–Crippen LogP) is 2.27. The van der Waals surface area contributed by atoms with Crippen molar-refractivity contribution in [1.29, 1.82) is 0 Å². The summed E-state index contributed by atoms with van der Waals surface area (Å²) < 4.78 is 0. The summed E-state index contributed by atoms with van der Waals surface area (Å²) in [7, 11) is 0. The van der Waals surface area contributed by atoms with E-state index in [0.29, 0.717) is 16.3 Å². The van der Waals surface area contributed by atoms with Gasteiger partial charge in [-0.25, -0.2) is 0 Å². The van der Waals surface area contributed by atoms with Gasteiger partial charge in [0.15, 0.2) is 0 Å². The van der Waals surface area contributed by atoms with Gasteiger partial charge in [-0.1, -0.05) is 6.07 Å². The maximum Gasteiger partial charge on any atom is 0.130 e. The first-order valence-electron chi connectivity index (χ1n) is 4.24. The molecular formula is C11H10O3. The maximum absolute atomic E-state index is 9.69. The molecule has 0 aliphatic heterocycles. The van der Waals surface area contributed by atoms with Crippen LogP contribution in [-0.2, 0) is 0 Å². The molecule has 0 saturated heterocycles. The van der Waals surface area contributed by atoms with E-state index in [1.54, 1.807) is 19.1 Å². The SMILES string of the molecule is Cc1c(O)cc2ccc(O)cc2c1O. The topological polar surface area (TPSA) is 60.7 Å². The van der Waals surface area contributed by atoms with Crippen LogP contribution in [0.5, 0.6) is 17.2 Å². The van der Waals surface area contributed by atoms with Crippen LogP contribution in [0.1, 0.15) is 5.56 Å². The second kappa shape index (κ2) is 2.80. The molecule has 0 aromatic heterocycles. The third-order valence-electron chi connectivity index (χ3n) is 2.32. The fourth-order valence-corrected chi connectivity index (χ4v) is 1.45. The molecule has 14 heavy (non-hydrogen) atoms. The number of hydrogen-bond acceptors (Lipinski definition) is 3. The Labute approximate surface area is 80.9 Å². The van der Waals surface area contributed by atoms with Gasteiger partial charge in [-0.15, -0.1) is 0 Å². The van der Waals surface area contributed by atoms with E-state index in [-0.39, 0.29) is 17.2 Å². The zero-order valence-corrected chi connectivity index (χ0v) is 7.65. The van der Waals surface area contributed by atoms with E-state index in [1.807, 2.05) is 0 Å². The highest BCUT2D eigenvalue weighted by Crippen LogP contribution is 2.36. The molecule has 0 atom stereocenters. The van der Waals surface area contributed by atoms with Crippen LogP contribution in [0.3, 0.4) is 0 Å². The molecule has 0 amide bonds. The maximum atomic E-state index is 9.69. The molecule has 3 nitrogen and oxygen atoms in total. The average molecular weight is 190 g/mol. The van der Waals surface area contributed by atoms with Gasteiger partial charge in [0.2, 0.25) is 0 Å². The van der Waals surface area contributed by atoms with Crippen molar-refractivity contribution in [3.63, 3.8) is 0 Å². The molecular weight excluding hydrogens is 180 g/mol. The van der Waals surface area contributed by atoms with E-state index in [4.69, 9.17) is 0 Å². The quantitative estimate of drug-likeness (QED) is 0.597. The third-order valence-corrected chi connectivity index (χ3v) is 2.32. The smallest absolute Gasteiger partial charge is 0.130 e. The first kappa shape index (κ1) is 8.69. The van der Waals surface area contributed by atoms with Crippen LogP contribution in [0.25, 0.3) is 10.8 Å². The Bertz CT molecular complexity index is 503. The molecule has 72 valence electrons. The van der Waals surface area contributed by atoms with Crippen molar-refractivity contribution in [2.45, 2.75) is 6.92 Å².